The molecule has 25 heavy (non-hydrogen) atoms. The molecule has 4 rings (SSSR count). The van der Waals surface area contributed by atoms with E-state index in [0.29, 0.717) is 6.42 Å². The van der Waals surface area contributed by atoms with Crippen LogP contribution >= 0.6 is 0 Å². The summed E-state index contributed by atoms with van der Waals surface area (Å²) < 4.78 is 5.19. The highest BCUT2D eigenvalue weighted by atomic mass is 16.5. The zero-order valence-electron chi connectivity index (χ0n) is 14.1. The van der Waals surface area contributed by atoms with Crippen LogP contribution in [0.5, 0.6) is 5.75 Å². The van der Waals surface area contributed by atoms with E-state index in [4.69, 9.17) is 4.74 Å². The Morgan fingerprint density at radius 1 is 0.800 bits per heavy atom. The maximum atomic E-state index is 10.6. The molecule has 1 unspecified atom stereocenters. The molecular formula is C23H20O2. The largest absolute Gasteiger partial charge is 0.497 e. The van der Waals surface area contributed by atoms with Gasteiger partial charge < -0.3 is 9.84 Å². The standard InChI is InChI=1S/C23H20O2/c1-25-18-12-10-16(11-13-18)14-17(24)15-23-21-8-4-2-6-19(21)20-7-3-5-9-22(20)23/h2-13,15,17,24H,14H2,1H3. The topological polar surface area (TPSA) is 29.5 Å². The van der Waals surface area contributed by atoms with Crippen LogP contribution in [-0.2, 0) is 6.42 Å². The van der Waals surface area contributed by atoms with E-state index in [0.717, 1.165) is 16.9 Å². The van der Waals surface area contributed by atoms with Crippen molar-refractivity contribution in [3.05, 3.63) is 95.6 Å². The molecular weight excluding hydrogens is 308 g/mol. The Labute approximate surface area is 148 Å². The second kappa shape index (κ2) is 6.58. The molecule has 3 aromatic rings. The summed E-state index contributed by atoms with van der Waals surface area (Å²) in [5.74, 6) is 0.829. The first-order valence-electron chi connectivity index (χ1n) is 8.48. The molecule has 0 saturated heterocycles. The molecule has 0 aliphatic heterocycles. The lowest BCUT2D eigenvalue weighted by atomic mass is 9.99. The fourth-order valence-electron chi connectivity index (χ4n) is 3.48. The number of aliphatic hydroxyl groups is 1. The van der Waals surface area contributed by atoms with Crippen LogP contribution in [0.4, 0.5) is 0 Å². The predicted octanol–water partition coefficient (Wildman–Crippen LogP) is 4.71. The van der Waals surface area contributed by atoms with Crippen LogP contribution in [0.3, 0.4) is 0 Å². The molecule has 0 fully saturated rings. The summed E-state index contributed by atoms with van der Waals surface area (Å²) in [5, 5.41) is 10.6. The summed E-state index contributed by atoms with van der Waals surface area (Å²) >= 11 is 0. The van der Waals surface area contributed by atoms with Crippen molar-refractivity contribution in [2.75, 3.05) is 7.11 Å². The first-order valence-corrected chi connectivity index (χ1v) is 8.48. The molecule has 0 spiro atoms. The van der Waals surface area contributed by atoms with E-state index in [-0.39, 0.29) is 0 Å². The van der Waals surface area contributed by atoms with Gasteiger partial charge in [-0.2, -0.15) is 0 Å². The van der Waals surface area contributed by atoms with Crippen LogP contribution in [-0.4, -0.2) is 18.3 Å². The number of hydrogen-bond acceptors (Lipinski definition) is 2. The second-order valence-corrected chi connectivity index (χ2v) is 6.29. The third kappa shape index (κ3) is 2.97. The average molecular weight is 328 g/mol. The van der Waals surface area contributed by atoms with Crippen molar-refractivity contribution >= 4 is 5.57 Å². The second-order valence-electron chi connectivity index (χ2n) is 6.29. The van der Waals surface area contributed by atoms with Crippen LogP contribution in [0.25, 0.3) is 16.7 Å². The molecule has 0 bridgehead atoms. The minimum absolute atomic E-state index is 0.539. The van der Waals surface area contributed by atoms with Gasteiger partial charge in [0.25, 0.3) is 0 Å². The van der Waals surface area contributed by atoms with Crippen molar-refractivity contribution in [1.82, 2.24) is 0 Å². The minimum atomic E-state index is -0.539. The number of methoxy groups -OCH3 is 1. The normalized spacial score (nSPS) is 13.1. The lowest BCUT2D eigenvalue weighted by Gasteiger charge is -2.10. The molecule has 1 aliphatic carbocycles. The van der Waals surface area contributed by atoms with Gasteiger partial charge in [0.05, 0.1) is 13.2 Å². The first kappa shape index (κ1) is 15.7. The number of hydrogen-bond donors (Lipinski definition) is 1. The predicted molar refractivity (Wildman–Crippen MR) is 102 cm³/mol. The maximum Gasteiger partial charge on any atom is 0.118 e. The van der Waals surface area contributed by atoms with Crippen molar-refractivity contribution in [3.8, 4) is 16.9 Å². The summed E-state index contributed by atoms with van der Waals surface area (Å²) in [7, 11) is 1.66. The van der Waals surface area contributed by atoms with E-state index in [9.17, 15) is 5.11 Å². The molecule has 124 valence electrons. The van der Waals surface area contributed by atoms with Gasteiger partial charge >= 0.3 is 0 Å². The fraction of sp³-hybridized carbons (Fsp3) is 0.130. The number of fused-ring (bicyclic) bond motifs is 3. The van der Waals surface area contributed by atoms with Gasteiger partial charge in [0, 0.05) is 6.42 Å². The molecule has 0 radical (unpaired) electrons. The van der Waals surface area contributed by atoms with Crippen LogP contribution < -0.4 is 4.74 Å². The number of rotatable bonds is 4. The highest BCUT2D eigenvalue weighted by molar-refractivity contribution is 6.01. The SMILES string of the molecule is COc1ccc(CC(O)C=C2c3ccccc3-c3ccccc32)cc1. The van der Waals surface area contributed by atoms with Gasteiger partial charge in [0.1, 0.15) is 5.75 Å². The smallest absolute Gasteiger partial charge is 0.118 e. The van der Waals surface area contributed by atoms with Crippen molar-refractivity contribution in [3.63, 3.8) is 0 Å². The summed E-state index contributed by atoms with van der Waals surface area (Å²) in [6, 6.07) is 24.6. The lowest BCUT2D eigenvalue weighted by molar-refractivity contribution is 0.224. The van der Waals surface area contributed by atoms with Crippen molar-refractivity contribution in [2.24, 2.45) is 0 Å². The van der Waals surface area contributed by atoms with Crippen LogP contribution in [0, 0.1) is 0 Å². The van der Waals surface area contributed by atoms with Crippen LogP contribution in [0.2, 0.25) is 0 Å². The molecule has 1 atom stereocenters. The molecule has 2 heteroatoms. The summed E-state index contributed by atoms with van der Waals surface area (Å²) in [4.78, 5) is 0. The van der Waals surface area contributed by atoms with Gasteiger partial charge in [-0.15, -0.1) is 0 Å². The maximum absolute atomic E-state index is 10.6. The van der Waals surface area contributed by atoms with Crippen molar-refractivity contribution in [1.29, 1.82) is 0 Å². The molecule has 1 aliphatic rings. The minimum Gasteiger partial charge on any atom is -0.497 e. The molecule has 0 aromatic heterocycles. The van der Waals surface area contributed by atoms with Crippen LogP contribution in [0.15, 0.2) is 78.9 Å². The van der Waals surface area contributed by atoms with E-state index in [2.05, 4.69) is 48.5 Å². The lowest BCUT2D eigenvalue weighted by Crippen LogP contribution is -2.07. The van der Waals surface area contributed by atoms with E-state index in [1.54, 1.807) is 7.11 Å². The zero-order valence-corrected chi connectivity index (χ0v) is 14.1. The average Bonchev–Trinajstić information content (AvgIpc) is 2.97. The summed E-state index contributed by atoms with van der Waals surface area (Å²) in [6.07, 6.45) is 2.02. The van der Waals surface area contributed by atoms with E-state index in [1.807, 2.05) is 30.3 Å². The zero-order chi connectivity index (χ0) is 17.2. The molecule has 0 saturated carbocycles. The Balaban J connectivity index is 1.66. The molecule has 0 heterocycles. The Morgan fingerprint density at radius 2 is 1.32 bits per heavy atom. The van der Waals surface area contributed by atoms with Crippen molar-refractivity contribution in [2.45, 2.75) is 12.5 Å². The van der Waals surface area contributed by atoms with Gasteiger partial charge in [-0.05, 0) is 51.6 Å². The van der Waals surface area contributed by atoms with Gasteiger partial charge in [-0.3, -0.25) is 0 Å². The molecule has 3 aromatic carbocycles. The van der Waals surface area contributed by atoms with E-state index >= 15 is 0 Å². The van der Waals surface area contributed by atoms with Crippen molar-refractivity contribution < 1.29 is 9.84 Å². The first-order chi connectivity index (χ1) is 12.3. The van der Waals surface area contributed by atoms with Gasteiger partial charge in [-0.1, -0.05) is 60.7 Å². The van der Waals surface area contributed by atoms with E-state index in [1.165, 1.54) is 22.3 Å². The Morgan fingerprint density at radius 3 is 1.84 bits per heavy atom. The molecule has 0 amide bonds. The van der Waals surface area contributed by atoms with Gasteiger partial charge in [-0.25, -0.2) is 0 Å². The molecule has 2 nitrogen and oxygen atoms in total. The van der Waals surface area contributed by atoms with E-state index < -0.39 is 6.10 Å². The highest BCUT2D eigenvalue weighted by Crippen LogP contribution is 2.44. The Kier molecular flexibility index (Phi) is 4.12. The number of ether oxygens (including phenoxy) is 1. The molecule has 1 N–H and O–H groups in total. The van der Waals surface area contributed by atoms with Gasteiger partial charge in [0.15, 0.2) is 0 Å². The fourth-order valence-corrected chi connectivity index (χ4v) is 3.48. The third-order valence-corrected chi connectivity index (χ3v) is 4.69. The number of aliphatic hydroxyl groups excluding tert-OH is 1. The summed E-state index contributed by atoms with van der Waals surface area (Å²) in [5.41, 5.74) is 7.06. The van der Waals surface area contributed by atoms with Gasteiger partial charge in [0.2, 0.25) is 0 Å². The monoisotopic (exact) mass is 328 g/mol. The summed E-state index contributed by atoms with van der Waals surface area (Å²) in [6.45, 7) is 0. The Bertz CT molecular complexity index is 875. The third-order valence-electron chi connectivity index (χ3n) is 4.69. The number of benzene rings is 3. The Hall–Kier alpha value is -2.84. The quantitative estimate of drug-likeness (QED) is 0.588. The highest BCUT2D eigenvalue weighted by Gasteiger charge is 2.23. The van der Waals surface area contributed by atoms with Crippen LogP contribution in [0.1, 0.15) is 16.7 Å².